The van der Waals surface area contributed by atoms with Crippen molar-refractivity contribution >= 4 is 27.5 Å². The van der Waals surface area contributed by atoms with Crippen LogP contribution in [0.25, 0.3) is 0 Å². The number of hydrogen-bond donors (Lipinski definition) is 2. The summed E-state index contributed by atoms with van der Waals surface area (Å²) >= 11 is 0. The molecule has 1 aliphatic heterocycles. The van der Waals surface area contributed by atoms with Gasteiger partial charge in [-0.25, -0.2) is 8.42 Å². The van der Waals surface area contributed by atoms with E-state index in [0.29, 0.717) is 30.1 Å². The van der Waals surface area contributed by atoms with Crippen molar-refractivity contribution in [1.82, 2.24) is 4.31 Å². The molecule has 2 aromatic rings. The van der Waals surface area contributed by atoms with Gasteiger partial charge in [-0.2, -0.15) is 4.31 Å². The molecule has 0 radical (unpaired) electrons. The number of nitrogens with zero attached hydrogens (tertiary/aromatic N) is 1. The van der Waals surface area contributed by atoms with Crippen molar-refractivity contribution in [2.24, 2.45) is 5.73 Å². The van der Waals surface area contributed by atoms with Gasteiger partial charge in [-0.3, -0.25) is 9.59 Å². The highest BCUT2D eigenvalue weighted by molar-refractivity contribution is 7.89. The van der Waals surface area contributed by atoms with Gasteiger partial charge in [-0.15, -0.1) is 0 Å². The second kappa shape index (κ2) is 9.27. The maximum atomic E-state index is 12.6. The number of ether oxygens (including phenoxy) is 1. The van der Waals surface area contributed by atoms with Crippen LogP contribution in [0.1, 0.15) is 24.0 Å². The summed E-state index contributed by atoms with van der Waals surface area (Å²) in [5.41, 5.74) is 7.12. The van der Waals surface area contributed by atoms with E-state index in [1.807, 2.05) is 0 Å². The molecule has 0 aliphatic carbocycles. The van der Waals surface area contributed by atoms with Gasteiger partial charge in [-0.1, -0.05) is 12.1 Å². The second-order valence-corrected chi connectivity index (χ2v) is 9.15. The minimum atomic E-state index is -3.49. The standard InChI is InChI=1S/C21H25N3O5S/c1-15-12-18(30(27,28)24-10-2-3-11-24)8-9-19(15)29-14-21(26)23-17-6-4-16(5-7-17)13-20(22)25/h4-9,12H,2-3,10-11,13-14H2,1H3,(H2,22,25)(H,23,26). The minimum Gasteiger partial charge on any atom is -0.483 e. The maximum absolute atomic E-state index is 12.6. The molecule has 2 aromatic carbocycles. The van der Waals surface area contributed by atoms with E-state index < -0.39 is 15.9 Å². The Morgan fingerprint density at radius 2 is 1.77 bits per heavy atom. The first-order valence-electron chi connectivity index (χ1n) is 9.66. The van der Waals surface area contributed by atoms with E-state index in [9.17, 15) is 18.0 Å². The van der Waals surface area contributed by atoms with Crippen LogP contribution >= 0.6 is 0 Å². The Balaban J connectivity index is 1.57. The number of carbonyl (C=O) groups excluding carboxylic acids is 2. The second-order valence-electron chi connectivity index (χ2n) is 7.22. The first-order chi connectivity index (χ1) is 14.3. The van der Waals surface area contributed by atoms with Crippen LogP contribution in [0.4, 0.5) is 5.69 Å². The monoisotopic (exact) mass is 431 g/mol. The van der Waals surface area contributed by atoms with Crippen LogP contribution in [-0.2, 0) is 26.0 Å². The van der Waals surface area contributed by atoms with Crippen molar-refractivity contribution in [3.8, 4) is 5.75 Å². The number of rotatable bonds is 8. The zero-order valence-electron chi connectivity index (χ0n) is 16.8. The fourth-order valence-electron chi connectivity index (χ4n) is 3.27. The predicted octanol–water partition coefficient (Wildman–Crippen LogP) is 1.82. The highest BCUT2D eigenvalue weighted by Gasteiger charge is 2.27. The Bertz CT molecular complexity index is 1030. The predicted molar refractivity (Wildman–Crippen MR) is 113 cm³/mol. The van der Waals surface area contributed by atoms with Gasteiger partial charge in [0.15, 0.2) is 6.61 Å². The van der Waals surface area contributed by atoms with E-state index >= 15 is 0 Å². The van der Waals surface area contributed by atoms with Crippen LogP contribution in [0.5, 0.6) is 5.75 Å². The Hall–Kier alpha value is -2.91. The molecule has 1 saturated heterocycles. The Labute approximate surface area is 176 Å². The molecule has 0 bridgehead atoms. The number of primary amides is 1. The normalized spacial score (nSPS) is 14.4. The highest BCUT2D eigenvalue weighted by atomic mass is 32.2. The smallest absolute Gasteiger partial charge is 0.262 e. The highest BCUT2D eigenvalue weighted by Crippen LogP contribution is 2.26. The van der Waals surface area contributed by atoms with Crippen LogP contribution in [0, 0.1) is 6.92 Å². The number of benzene rings is 2. The largest absolute Gasteiger partial charge is 0.483 e. The molecule has 3 rings (SSSR count). The number of nitrogens with two attached hydrogens (primary N) is 1. The summed E-state index contributed by atoms with van der Waals surface area (Å²) in [4.78, 5) is 23.3. The first kappa shape index (κ1) is 21.8. The summed E-state index contributed by atoms with van der Waals surface area (Å²) in [6.07, 6.45) is 1.89. The molecule has 0 spiro atoms. The van der Waals surface area contributed by atoms with Crippen molar-refractivity contribution in [3.05, 3.63) is 53.6 Å². The van der Waals surface area contributed by atoms with Crippen LogP contribution in [0.3, 0.4) is 0 Å². The lowest BCUT2D eigenvalue weighted by Gasteiger charge is -2.17. The molecule has 0 saturated carbocycles. The Kier molecular flexibility index (Phi) is 6.73. The van der Waals surface area contributed by atoms with Gasteiger partial charge < -0.3 is 15.8 Å². The molecule has 30 heavy (non-hydrogen) atoms. The first-order valence-corrected chi connectivity index (χ1v) is 11.1. The number of sulfonamides is 1. The summed E-state index contributed by atoms with van der Waals surface area (Å²) in [6, 6.07) is 11.4. The van der Waals surface area contributed by atoms with E-state index in [2.05, 4.69) is 5.32 Å². The van der Waals surface area contributed by atoms with Gasteiger partial charge in [0.05, 0.1) is 11.3 Å². The lowest BCUT2D eigenvalue weighted by atomic mass is 10.1. The summed E-state index contributed by atoms with van der Waals surface area (Å²) in [6.45, 7) is 2.61. The molecule has 0 unspecified atom stereocenters. The summed E-state index contributed by atoms with van der Waals surface area (Å²) in [5, 5.41) is 2.70. The lowest BCUT2D eigenvalue weighted by Crippen LogP contribution is -2.27. The summed E-state index contributed by atoms with van der Waals surface area (Å²) < 4.78 is 32.3. The fourth-order valence-corrected chi connectivity index (χ4v) is 4.87. The van der Waals surface area contributed by atoms with Gasteiger partial charge in [0.25, 0.3) is 5.91 Å². The molecule has 9 heteroatoms. The van der Waals surface area contributed by atoms with E-state index in [1.165, 1.54) is 10.4 Å². The van der Waals surface area contributed by atoms with Gasteiger partial charge in [0.2, 0.25) is 15.9 Å². The van der Waals surface area contributed by atoms with E-state index in [0.717, 1.165) is 18.4 Å². The number of nitrogens with one attached hydrogen (secondary N) is 1. The summed E-state index contributed by atoms with van der Waals surface area (Å²) in [7, 11) is -3.49. The molecule has 1 heterocycles. The quantitative estimate of drug-likeness (QED) is 0.661. The van der Waals surface area contributed by atoms with Crippen LogP contribution in [0.15, 0.2) is 47.4 Å². The van der Waals surface area contributed by atoms with Crippen molar-refractivity contribution < 1.29 is 22.7 Å². The number of anilines is 1. The zero-order valence-corrected chi connectivity index (χ0v) is 17.6. The van der Waals surface area contributed by atoms with Crippen molar-refractivity contribution in [3.63, 3.8) is 0 Å². The molecule has 1 aliphatic rings. The van der Waals surface area contributed by atoms with E-state index in [1.54, 1.807) is 43.3 Å². The van der Waals surface area contributed by atoms with Crippen molar-refractivity contribution in [2.75, 3.05) is 25.0 Å². The number of carbonyl (C=O) groups is 2. The Morgan fingerprint density at radius 1 is 1.10 bits per heavy atom. The third kappa shape index (κ3) is 5.37. The van der Waals surface area contributed by atoms with Crippen LogP contribution in [0.2, 0.25) is 0 Å². The zero-order chi connectivity index (χ0) is 21.7. The van der Waals surface area contributed by atoms with Gasteiger partial charge >= 0.3 is 0 Å². The molecule has 3 N–H and O–H groups in total. The molecule has 160 valence electrons. The molecule has 1 fully saturated rings. The van der Waals surface area contributed by atoms with E-state index in [-0.39, 0.29) is 23.8 Å². The SMILES string of the molecule is Cc1cc(S(=O)(=O)N2CCCC2)ccc1OCC(=O)Nc1ccc(CC(N)=O)cc1. The molecule has 8 nitrogen and oxygen atoms in total. The number of aryl methyl sites for hydroxylation is 1. The Morgan fingerprint density at radius 3 is 2.37 bits per heavy atom. The van der Waals surface area contributed by atoms with Gasteiger partial charge in [-0.05, 0) is 61.2 Å². The fraction of sp³-hybridized carbons (Fsp3) is 0.333. The topological polar surface area (TPSA) is 119 Å². The van der Waals surface area contributed by atoms with Crippen LogP contribution < -0.4 is 15.8 Å². The van der Waals surface area contributed by atoms with E-state index in [4.69, 9.17) is 10.5 Å². The number of hydrogen-bond acceptors (Lipinski definition) is 5. The van der Waals surface area contributed by atoms with Crippen LogP contribution in [-0.4, -0.2) is 44.2 Å². The average Bonchev–Trinajstić information content (AvgIpc) is 3.24. The molecule has 2 amide bonds. The third-order valence-electron chi connectivity index (χ3n) is 4.82. The molecular formula is C21H25N3O5S. The van der Waals surface area contributed by atoms with Crippen molar-refractivity contribution in [2.45, 2.75) is 31.1 Å². The molecule has 0 aromatic heterocycles. The van der Waals surface area contributed by atoms with Gasteiger partial charge in [0, 0.05) is 18.8 Å². The van der Waals surface area contributed by atoms with Crippen molar-refractivity contribution in [1.29, 1.82) is 0 Å². The number of amides is 2. The van der Waals surface area contributed by atoms with Gasteiger partial charge in [0.1, 0.15) is 5.75 Å². The minimum absolute atomic E-state index is 0.139. The lowest BCUT2D eigenvalue weighted by molar-refractivity contribution is -0.118. The molecular weight excluding hydrogens is 406 g/mol. The maximum Gasteiger partial charge on any atom is 0.262 e. The third-order valence-corrected chi connectivity index (χ3v) is 6.72. The average molecular weight is 432 g/mol. The summed E-state index contributed by atoms with van der Waals surface area (Å²) in [5.74, 6) is -0.331. The molecule has 0 atom stereocenters.